The fourth-order valence-corrected chi connectivity index (χ4v) is 1.86. The smallest absolute Gasteiger partial charge is 0.141 e. The predicted molar refractivity (Wildman–Crippen MR) is 59.3 cm³/mol. The topological polar surface area (TPSA) is 55.5 Å². The van der Waals surface area contributed by atoms with Gasteiger partial charge in [-0.25, -0.2) is 4.39 Å². The molecule has 84 valence electrons. The van der Waals surface area contributed by atoms with E-state index in [1.165, 1.54) is 13.2 Å². The maximum Gasteiger partial charge on any atom is 0.141 e. The molecule has 0 aliphatic carbocycles. The molecule has 0 bridgehead atoms. The summed E-state index contributed by atoms with van der Waals surface area (Å²) in [5.74, 6) is -0.0113. The maximum atomic E-state index is 13.2. The second kappa shape index (κ2) is 5.44. The molecule has 0 aliphatic rings. The summed E-state index contributed by atoms with van der Waals surface area (Å²) < 4.78 is 18.5. The predicted octanol–water partition coefficient (Wildman–Crippen LogP) is 1.98. The third-order valence-electron chi connectivity index (χ3n) is 2.12. The molecule has 1 aromatic rings. The molecule has 0 aliphatic heterocycles. The minimum absolute atomic E-state index is 0.0146. The molecule has 0 fully saturated rings. The highest BCUT2D eigenvalue weighted by molar-refractivity contribution is 9.10. The lowest BCUT2D eigenvalue weighted by molar-refractivity contribution is 0.275. The summed E-state index contributed by atoms with van der Waals surface area (Å²) in [5, 5.41) is 8.78. The van der Waals surface area contributed by atoms with Crippen molar-refractivity contribution < 1.29 is 14.2 Å². The fourth-order valence-electron chi connectivity index (χ4n) is 1.34. The Morgan fingerprint density at radius 1 is 1.60 bits per heavy atom. The van der Waals surface area contributed by atoms with Crippen LogP contribution in [0.3, 0.4) is 0 Å². The quantitative estimate of drug-likeness (QED) is 0.885. The van der Waals surface area contributed by atoms with E-state index in [0.29, 0.717) is 17.7 Å². The molecular weight excluding hydrogens is 265 g/mol. The van der Waals surface area contributed by atoms with E-state index in [1.807, 2.05) is 0 Å². The summed E-state index contributed by atoms with van der Waals surface area (Å²) in [7, 11) is 1.45. The van der Waals surface area contributed by atoms with Crippen LogP contribution in [0.25, 0.3) is 0 Å². The molecule has 1 aromatic carbocycles. The van der Waals surface area contributed by atoms with Crippen molar-refractivity contribution >= 4 is 15.9 Å². The first-order valence-electron chi connectivity index (χ1n) is 4.50. The van der Waals surface area contributed by atoms with E-state index < -0.39 is 5.82 Å². The van der Waals surface area contributed by atoms with Gasteiger partial charge in [0.2, 0.25) is 0 Å². The van der Waals surface area contributed by atoms with Gasteiger partial charge in [0.1, 0.15) is 11.6 Å². The second-order valence-corrected chi connectivity index (χ2v) is 3.90. The Balaban J connectivity index is 3.12. The molecule has 1 rings (SSSR count). The summed E-state index contributed by atoms with van der Waals surface area (Å²) in [6.45, 7) is -0.0146. The average Bonchev–Trinajstić information content (AvgIpc) is 2.22. The van der Waals surface area contributed by atoms with Crippen LogP contribution in [0.15, 0.2) is 16.6 Å². The molecule has 0 aromatic heterocycles. The van der Waals surface area contributed by atoms with Gasteiger partial charge in [0, 0.05) is 18.2 Å². The van der Waals surface area contributed by atoms with Crippen molar-refractivity contribution in [1.29, 1.82) is 0 Å². The van der Waals surface area contributed by atoms with Crippen molar-refractivity contribution in [3.63, 3.8) is 0 Å². The van der Waals surface area contributed by atoms with Crippen LogP contribution >= 0.6 is 15.9 Å². The van der Waals surface area contributed by atoms with Crippen LogP contribution < -0.4 is 10.5 Å². The van der Waals surface area contributed by atoms with E-state index in [0.717, 1.165) is 0 Å². The summed E-state index contributed by atoms with van der Waals surface area (Å²) in [6, 6.07) is 2.53. The largest absolute Gasteiger partial charge is 0.495 e. The van der Waals surface area contributed by atoms with Gasteiger partial charge in [-0.2, -0.15) is 0 Å². The first kappa shape index (κ1) is 12.4. The van der Waals surface area contributed by atoms with E-state index in [-0.39, 0.29) is 17.1 Å². The van der Waals surface area contributed by atoms with Crippen molar-refractivity contribution in [2.24, 2.45) is 5.73 Å². The molecule has 15 heavy (non-hydrogen) atoms. The number of ether oxygens (including phenoxy) is 1. The van der Waals surface area contributed by atoms with Crippen LogP contribution in [0.4, 0.5) is 4.39 Å². The Morgan fingerprint density at radius 3 is 2.80 bits per heavy atom. The number of aliphatic hydroxyl groups excluding tert-OH is 1. The van der Waals surface area contributed by atoms with Gasteiger partial charge in [0.25, 0.3) is 0 Å². The summed E-state index contributed by atoms with van der Waals surface area (Å²) >= 11 is 3.09. The molecule has 0 saturated heterocycles. The highest BCUT2D eigenvalue weighted by Crippen LogP contribution is 2.34. The minimum atomic E-state index is -0.396. The molecule has 3 nitrogen and oxygen atoms in total. The van der Waals surface area contributed by atoms with Crippen molar-refractivity contribution in [3.05, 3.63) is 28.0 Å². The molecule has 1 atom stereocenters. The third kappa shape index (κ3) is 2.68. The molecule has 0 radical (unpaired) electrons. The zero-order chi connectivity index (χ0) is 11.4. The van der Waals surface area contributed by atoms with Gasteiger partial charge >= 0.3 is 0 Å². The number of hydrogen-bond acceptors (Lipinski definition) is 3. The number of rotatable bonds is 4. The number of methoxy groups -OCH3 is 1. The minimum Gasteiger partial charge on any atom is -0.495 e. The number of benzene rings is 1. The number of nitrogens with two attached hydrogens (primary N) is 1. The first-order chi connectivity index (χ1) is 7.11. The van der Waals surface area contributed by atoms with E-state index in [9.17, 15) is 4.39 Å². The molecule has 5 heteroatoms. The Hall–Kier alpha value is -0.650. The van der Waals surface area contributed by atoms with E-state index in [1.54, 1.807) is 6.07 Å². The Morgan fingerprint density at radius 2 is 2.27 bits per heavy atom. The van der Waals surface area contributed by atoms with Crippen LogP contribution in [0, 0.1) is 5.82 Å². The van der Waals surface area contributed by atoms with Gasteiger partial charge < -0.3 is 15.6 Å². The Kier molecular flexibility index (Phi) is 4.50. The lowest BCUT2D eigenvalue weighted by Gasteiger charge is -2.16. The molecule has 0 heterocycles. The summed E-state index contributed by atoms with van der Waals surface area (Å²) in [6.07, 6.45) is 0.411. The van der Waals surface area contributed by atoms with E-state index in [2.05, 4.69) is 15.9 Å². The lowest BCUT2D eigenvalue weighted by Crippen LogP contribution is -2.13. The van der Waals surface area contributed by atoms with Crippen molar-refractivity contribution in [1.82, 2.24) is 0 Å². The van der Waals surface area contributed by atoms with Gasteiger partial charge in [0.15, 0.2) is 0 Å². The van der Waals surface area contributed by atoms with Gasteiger partial charge in [-0.15, -0.1) is 0 Å². The van der Waals surface area contributed by atoms with E-state index in [4.69, 9.17) is 15.6 Å². The fraction of sp³-hybridized carbons (Fsp3) is 0.400. The third-order valence-corrected chi connectivity index (χ3v) is 2.86. The van der Waals surface area contributed by atoms with Crippen LogP contribution in [-0.2, 0) is 0 Å². The maximum absolute atomic E-state index is 13.2. The zero-order valence-corrected chi connectivity index (χ0v) is 9.92. The molecular formula is C10H13BrFNO2. The number of hydrogen-bond donors (Lipinski definition) is 2. The zero-order valence-electron chi connectivity index (χ0n) is 8.34. The van der Waals surface area contributed by atoms with Crippen LogP contribution in [0.2, 0.25) is 0 Å². The van der Waals surface area contributed by atoms with Gasteiger partial charge in [-0.3, -0.25) is 0 Å². The van der Waals surface area contributed by atoms with Crippen LogP contribution in [0.1, 0.15) is 18.0 Å². The van der Waals surface area contributed by atoms with Crippen molar-refractivity contribution in [2.75, 3.05) is 13.7 Å². The van der Waals surface area contributed by atoms with Crippen molar-refractivity contribution in [2.45, 2.75) is 12.5 Å². The van der Waals surface area contributed by atoms with Gasteiger partial charge in [-0.1, -0.05) is 6.07 Å². The standard InChI is InChI=1S/C10H13BrFNO2/c1-15-10-6(8(13)4-5-14)2-3-7(12)9(10)11/h2-3,8,14H,4-5,13H2,1H3. The Labute approximate surface area is 96.2 Å². The second-order valence-electron chi connectivity index (χ2n) is 3.10. The molecule has 0 amide bonds. The summed E-state index contributed by atoms with van der Waals surface area (Å²) in [4.78, 5) is 0. The van der Waals surface area contributed by atoms with Crippen molar-refractivity contribution in [3.8, 4) is 5.75 Å². The average molecular weight is 278 g/mol. The highest BCUT2D eigenvalue weighted by Gasteiger charge is 2.16. The molecule has 0 saturated carbocycles. The molecule has 0 spiro atoms. The number of halogens is 2. The Bertz CT molecular complexity index is 346. The van der Waals surface area contributed by atoms with Crippen LogP contribution in [-0.4, -0.2) is 18.8 Å². The SMILES string of the molecule is COc1c(C(N)CCO)ccc(F)c1Br. The normalized spacial score (nSPS) is 12.6. The lowest BCUT2D eigenvalue weighted by atomic mass is 10.0. The van der Waals surface area contributed by atoms with Gasteiger partial charge in [-0.05, 0) is 28.4 Å². The highest BCUT2D eigenvalue weighted by atomic mass is 79.9. The molecule has 1 unspecified atom stereocenters. The van der Waals surface area contributed by atoms with E-state index >= 15 is 0 Å². The first-order valence-corrected chi connectivity index (χ1v) is 5.29. The van der Waals surface area contributed by atoms with Gasteiger partial charge in [0.05, 0.1) is 11.6 Å². The molecule has 3 N–H and O–H groups in total. The number of aliphatic hydroxyl groups is 1. The summed E-state index contributed by atoms with van der Waals surface area (Å²) in [5.41, 5.74) is 6.50. The van der Waals surface area contributed by atoms with Crippen LogP contribution in [0.5, 0.6) is 5.75 Å². The monoisotopic (exact) mass is 277 g/mol.